The number of carboxylic acid groups (broad SMARTS) is 1. The van der Waals surface area contributed by atoms with Crippen molar-refractivity contribution in [2.45, 2.75) is 52.5 Å². The predicted octanol–water partition coefficient (Wildman–Crippen LogP) is 5.73. The van der Waals surface area contributed by atoms with Crippen LogP contribution in [0.25, 0.3) is 11.1 Å². The van der Waals surface area contributed by atoms with Gasteiger partial charge < -0.3 is 10.4 Å². The summed E-state index contributed by atoms with van der Waals surface area (Å²) >= 11 is 0. The van der Waals surface area contributed by atoms with Gasteiger partial charge in [0, 0.05) is 5.56 Å². The zero-order valence-electron chi connectivity index (χ0n) is 15.6. The molecule has 3 nitrogen and oxygen atoms in total. The molecule has 0 bridgehead atoms. The number of aryl methyl sites for hydroxylation is 2. The summed E-state index contributed by atoms with van der Waals surface area (Å²) in [6.45, 7) is 6.18. The molecule has 1 aliphatic carbocycles. The summed E-state index contributed by atoms with van der Waals surface area (Å²) in [6.07, 6.45) is 2.70. The molecular formula is C22H26FNO2. The number of carbonyl (C=O) groups is 1. The first-order valence-electron chi connectivity index (χ1n) is 9.23. The van der Waals surface area contributed by atoms with E-state index in [1.165, 1.54) is 11.6 Å². The van der Waals surface area contributed by atoms with Gasteiger partial charge >= 0.3 is 6.09 Å². The Morgan fingerprint density at radius 2 is 1.96 bits per heavy atom. The molecule has 3 rings (SSSR count). The highest BCUT2D eigenvalue weighted by Gasteiger charge is 2.37. The molecule has 2 N–H and O–H groups in total. The second-order valence-electron chi connectivity index (χ2n) is 7.85. The van der Waals surface area contributed by atoms with Gasteiger partial charge in [0.05, 0.1) is 6.04 Å². The number of fused-ring (bicyclic) bond motifs is 1. The molecule has 1 aliphatic rings. The topological polar surface area (TPSA) is 49.3 Å². The Morgan fingerprint density at radius 1 is 1.27 bits per heavy atom. The molecule has 0 saturated heterocycles. The van der Waals surface area contributed by atoms with Crippen LogP contribution in [0, 0.1) is 11.2 Å². The van der Waals surface area contributed by atoms with E-state index in [0.717, 1.165) is 42.4 Å². The van der Waals surface area contributed by atoms with Crippen LogP contribution in [0.15, 0.2) is 36.4 Å². The van der Waals surface area contributed by atoms with Crippen molar-refractivity contribution in [3.8, 4) is 11.1 Å². The molecule has 0 aromatic heterocycles. The van der Waals surface area contributed by atoms with Crippen molar-refractivity contribution >= 4 is 6.09 Å². The zero-order chi connectivity index (χ0) is 18.9. The van der Waals surface area contributed by atoms with Crippen LogP contribution in [-0.2, 0) is 12.8 Å². The molecule has 2 aromatic carbocycles. The third-order valence-corrected chi connectivity index (χ3v) is 5.43. The Labute approximate surface area is 154 Å². The van der Waals surface area contributed by atoms with Crippen LogP contribution in [0.1, 0.15) is 56.3 Å². The fourth-order valence-electron chi connectivity index (χ4n) is 3.90. The maximum absolute atomic E-state index is 14.9. The molecule has 138 valence electrons. The van der Waals surface area contributed by atoms with Crippen LogP contribution >= 0.6 is 0 Å². The van der Waals surface area contributed by atoms with Crippen molar-refractivity contribution < 1.29 is 14.3 Å². The maximum atomic E-state index is 14.9. The Balaban J connectivity index is 2.00. The minimum atomic E-state index is -1.08. The minimum Gasteiger partial charge on any atom is -0.465 e. The van der Waals surface area contributed by atoms with Gasteiger partial charge in [-0.25, -0.2) is 9.18 Å². The first-order valence-corrected chi connectivity index (χ1v) is 9.23. The second-order valence-corrected chi connectivity index (χ2v) is 7.85. The molecule has 0 radical (unpaired) electrons. The van der Waals surface area contributed by atoms with E-state index >= 15 is 0 Å². The van der Waals surface area contributed by atoms with E-state index in [2.05, 4.69) is 24.4 Å². The lowest BCUT2D eigenvalue weighted by molar-refractivity contribution is 0.161. The first kappa shape index (κ1) is 18.4. The van der Waals surface area contributed by atoms with E-state index in [4.69, 9.17) is 0 Å². The largest absolute Gasteiger partial charge is 0.465 e. The van der Waals surface area contributed by atoms with Crippen LogP contribution in [0.3, 0.4) is 0 Å². The summed E-state index contributed by atoms with van der Waals surface area (Å²) in [5, 5.41) is 11.8. The number of amides is 1. The van der Waals surface area contributed by atoms with E-state index in [1.54, 1.807) is 0 Å². The minimum absolute atomic E-state index is 0.249. The Hall–Kier alpha value is -2.36. The number of halogens is 1. The summed E-state index contributed by atoms with van der Waals surface area (Å²) in [5.41, 5.74) is 4.23. The SMILES string of the molecule is CCCc1ccc(-c2cc3c(cc2F)[C@@H](NC(=O)O)C(C)(C)CC3)cc1. The molecule has 0 spiro atoms. The van der Waals surface area contributed by atoms with E-state index in [1.807, 2.05) is 32.0 Å². The number of benzene rings is 2. The van der Waals surface area contributed by atoms with Crippen LogP contribution in [0.4, 0.5) is 9.18 Å². The lowest BCUT2D eigenvalue weighted by atomic mass is 9.70. The van der Waals surface area contributed by atoms with Crippen molar-refractivity contribution in [1.82, 2.24) is 5.32 Å². The Morgan fingerprint density at radius 3 is 2.58 bits per heavy atom. The molecule has 2 aromatic rings. The third kappa shape index (κ3) is 3.59. The van der Waals surface area contributed by atoms with Crippen LogP contribution in [0.5, 0.6) is 0 Å². The molecule has 0 fully saturated rings. The van der Waals surface area contributed by atoms with E-state index in [9.17, 15) is 14.3 Å². The van der Waals surface area contributed by atoms with Crippen molar-refractivity contribution in [1.29, 1.82) is 0 Å². The van der Waals surface area contributed by atoms with Crippen molar-refractivity contribution in [2.24, 2.45) is 5.41 Å². The van der Waals surface area contributed by atoms with Gasteiger partial charge in [0.1, 0.15) is 5.82 Å². The molecule has 26 heavy (non-hydrogen) atoms. The quantitative estimate of drug-likeness (QED) is 0.736. The first-order chi connectivity index (χ1) is 12.3. The van der Waals surface area contributed by atoms with Crippen LogP contribution in [0.2, 0.25) is 0 Å². The van der Waals surface area contributed by atoms with Gasteiger partial charge in [-0.3, -0.25) is 0 Å². The third-order valence-electron chi connectivity index (χ3n) is 5.43. The van der Waals surface area contributed by atoms with Gasteiger partial charge in [-0.2, -0.15) is 0 Å². The average molecular weight is 355 g/mol. The van der Waals surface area contributed by atoms with E-state index < -0.39 is 12.1 Å². The molecule has 1 atom stereocenters. The smallest absolute Gasteiger partial charge is 0.405 e. The predicted molar refractivity (Wildman–Crippen MR) is 102 cm³/mol. The normalized spacial score (nSPS) is 18.2. The monoisotopic (exact) mass is 355 g/mol. The average Bonchev–Trinajstić information content (AvgIpc) is 2.58. The van der Waals surface area contributed by atoms with Crippen molar-refractivity contribution in [3.05, 3.63) is 58.9 Å². The van der Waals surface area contributed by atoms with E-state index in [-0.39, 0.29) is 11.2 Å². The standard InChI is InChI=1S/C22H26FNO2/c1-4-5-14-6-8-15(9-7-14)17-12-16-10-11-22(2,3)20(24-21(25)26)18(16)13-19(17)23/h6-9,12-13,20,24H,4-5,10-11H2,1-3H3,(H,25,26)/t20-/m1/s1. The molecule has 1 amide bonds. The lowest BCUT2D eigenvalue weighted by Crippen LogP contribution is -2.40. The molecule has 0 aliphatic heterocycles. The van der Waals surface area contributed by atoms with Crippen molar-refractivity contribution in [3.63, 3.8) is 0 Å². The van der Waals surface area contributed by atoms with Crippen LogP contribution < -0.4 is 5.32 Å². The number of hydrogen-bond donors (Lipinski definition) is 2. The highest BCUT2D eigenvalue weighted by molar-refractivity contribution is 5.68. The van der Waals surface area contributed by atoms with Crippen molar-refractivity contribution in [2.75, 3.05) is 0 Å². The Kier molecular flexibility index (Phi) is 5.03. The number of nitrogens with one attached hydrogen (secondary N) is 1. The molecule has 0 heterocycles. The molecule has 0 unspecified atom stereocenters. The summed E-state index contributed by atoms with van der Waals surface area (Å²) < 4.78 is 14.9. The molecule has 4 heteroatoms. The summed E-state index contributed by atoms with van der Waals surface area (Å²) in [7, 11) is 0. The second kappa shape index (κ2) is 7.10. The number of hydrogen-bond acceptors (Lipinski definition) is 1. The molecule has 0 saturated carbocycles. The maximum Gasteiger partial charge on any atom is 0.405 e. The molecular weight excluding hydrogens is 329 g/mol. The van der Waals surface area contributed by atoms with Gasteiger partial charge in [-0.1, -0.05) is 51.5 Å². The number of rotatable bonds is 4. The zero-order valence-corrected chi connectivity index (χ0v) is 15.6. The van der Waals surface area contributed by atoms with Gasteiger partial charge in [0.15, 0.2) is 0 Å². The summed E-state index contributed by atoms with van der Waals surface area (Å²) in [5.74, 6) is -0.304. The highest BCUT2D eigenvalue weighted by atomic mass is 19.1. The van der Waals surface area contributed by atoms with Crippen LogP contribution in [-0.4, -0.2) is 11.2 Å². The van der Waals surface area contributed by atoms with Gasteiger partial charge in [-0.15, -0.1) is 0 Å². The van der Waals surface area contributed by atoms with Gasteiger partial charge in [-0.05, 0) is 59.1 Å². The van der Waals surface area contributed by atoms with Gasteiger partial charge in [0.2, 0.25) is 0 Å². The van der Waals surface area contributed by atoms with E-state index in [0.29, 0.717) is 5.56 Å². The lowest BCUT2D eigenvalue weighted by Gasteiger charge is -2.40. The summed E-state index contributed by atoms with van der Waals surface area (Å²) in [4.78, 5) is 11.2. The Bertz CT molecular complexity index is 812. The fraction of sp³-hybridized carbons (Fsp3) is 0.409. The fourth-order valence-corrected chi connectivity index (χ4v) is 3.90. The summed E-state index contributed by atoms with van der Waals surface area (Å²) in [6, 6.07) is 11.0. The van der Waals surface area contributed by atoms with Gasteiger partial charge in [0.25, 0.3) is 0 Å². The highest BCUT2D eigenvalue weighted by Crippen LogP contribution is 2.45.